The Morgan fingerprint density at radius 1 is 1.24 bits per heavy atom. The summed E-state index contributed by atoms with van der Waals surface area (Å²) < 4.78 is 15.7. The summed E-state index contributed by atoms with van der Waals surface area (Å²) in [5, 5.41) is 2.97. The first kappa shape index (κ1) is 22.7. The monoisotopic (exact) mass is 405 g/mol. The highest BCUT2D eigenvalue weighted by Crippen LogP contribution is 2.22. The van der Waals surface area contributed by atoms with E-state index < -0.39 is 5.97 Å². The largest absolute Gasteiger partial charge is 0.468 e. The van der Waals surface area contributed by atoms with Crippen LogP contribution in [0.15, 0.2) is 22.8 Å². The summed E-state index contributed by atoms with van der Waals surface area (Å²) in [5.41, 5.74) is 1.91. The van der Waals surface area contributed by atoms with Gasteiger partial charge in [0.1, 0.15) is 18.1 Å². The fourth-order valence-corrected chi connectivity index (χ4v) is 3.41. The molecule has 0 radical (unpaired) electrons. The van der Waals surface area contributed by atoms with E-state index in [1.54, 1.807) is 20.1 Å². The van der Waals surface area contributed by atoms with Crippen molar-refractivity contribution >= 4 is 11.9 Å². The minimum atomic E-state index is -0.469. The number of likely N-dealkylation sites (N-methyl/N-ethyl adjacent to an activating group) is 1. The van der Waals surface area contributed by atoms with Crippen LogP contribution in [0.3, 0.4) is 0 Å². The van der Waals surface area contributed by atoms with Gasteiger partial charge in [-0.05, 0) is 44.6 Å². The molecule has 2 N–H and O–H groups in total. The molecule has 0 spiro atoms. The highest BCUT2D eigenvalue weighted by atomic mass is 16.6. The van der Waals surface area contributed by atoms with Crippen LogP contribution in [0.4, 0.5) is 0 Å². The van der Waals surface area contributed by atoms with E-state index in [-0.39, 0.29) is 18.6 Å². The second kappa shape index (κ2) is 10.8. The van der Waals surface area contributed by atoms with E-state index in [9.17, 15) is 9.59 Å². The van der Waals surface area contributed by atoms with Gasteiger partial charge in [0.2, 0.25) is 0 Å². The number of nitrogens with zero attached hydrogens (tertiary/aromatic N) is 1. The van der Waals surface area contributed by atoms with Gasteiger partial charge in [-0.25, -0.2) is 4.79 Å². The van der Waals surface area contributed by atoms with E-state index in [1.165, 1.54) is 7.11 Å². The predicted molar refractivity (Wildman–Crippen MR) is 109 cm³/mol. The fraction of sp³-hybridized carbons (Fsp3) is 0.524. The Hall–Kier alpha value is -2.58. The molecule has 1 atom stereocenters. The lowest BCUT2D eigenvalue weighted by Gasteiger charge is -2.28. The Kier molecular flexibility index (Phi) is 8.48. The maximum absolute atomic E-state index is 12.8. The standard InChI is InChI=1S/C21H31N3O5/c1-6-24(7-2)16(17-9-8-10-28-17)13-22-20(25)19-14(3)18(15(4)23-19)21(26)29-12-11-27-5/h8-10,16,23H,6-7,11-13H2,1-5H3,(H,22,25). The molecule has 0 bridgehead atoms. The number of H-pyrrole nitrogens is 1. The second-order valence-electron chi connectivity index (χ2n) is 6.72. The Morgan fingerprint density at radius 2 is 1.97 bits per heavy atom. The Bertz CT molecular complexity index is 794. The van der Waals surface area contributed by atoms with E-state index in [0.717, 1.165) is 18.8 Å². The number of hydrogen-bond acceptors (Lipinski definition) is 6. The number of ether oxygens (including phenoxy) is 2. The molecule has 0 aliphatic carbocycles. The Morgan fingerprint density at radius 3 is 2.55 bits per heavy atom. The van der Waals surface area contributed by atoms with Gasteiger partial charge in [0, 0.05) is 19.3 Å². The zero-order chi connectivity index (χ0) is 21.4. The topological polar surface area (TPSA) is 96.8 Å². The normalized spacial score (nSPS) is 12.2. The van der Waals surface area contributed by atoms with Crippen molar-refractivity contribution in [2.24, 2.45) is 0 Å². The van der Waals surface area contributed by atoms with Gasteiger partial charge in [0.25, 0.3) is 5.91 Å². The third kappa shape index (κ3) is 5.48. The first-order chi connectivity index (χ1) is 13.9. The van der Waals surface area contributed by atoms with Crippen LogP contribution < -0.4 is 5.32 Å². The van der Waals surface area contributed by atoms with Crippen molar-refractivity contribution in [2.75, 3.05) is 40.0 Å². The van der Waals surface area contributed by atoms with Crippen molar-refractivity contribution < 1.29 is 23.5 Å². The van der Waals surface area contributed by atoms with E-state index in [0.29, 0.717) is 35.7 Å². The van der Waals surface area contributed by atoms with Crippen molar-refractivity contribution in [3.8, 4) is 0 Å². The summed E-state index contributed by atoms with van der Waals surface area (Å²) >= 11 is 0. The smallest absolute Gasteiger partial charge is 0.340 e. The number of esters is 1. The van der Waals surface area contributed by atoms with E-state index in [4.69, 9.17) is 13.9 Å². The van der Waals surface area contributed by atoms with Crippen molar-refractivity contribution in [1.82, 2.24) is 15.2 Å². The lowest BCUT2D eigenvalue weighted by Crippen LogP contribution is -2.38. The lowest BCUT2D eigenvalue weighted by molar-refractivity contribution is 0.0387. The highest BCUT2D eigenvalue weighted by molar-refractivity contribution is 6.00. The molecule has 0 saturated heterocycles. The number of nitrogens with one attached hydrogen (secondary N) is 2. The molecular weight excluding hydrogens is 374 g/mol. The summed E-state index contributed by atoms with van der Waals surface area (Å²) in [4.78, 5) is 30.4. The van der Waals surface area contributed by atoms with Crippen LogP contribution in [0.1, 0.15) is 57.8 Å². The zero-order valence-corrected chi connectivity index (χ0v) is 17.8. The second-order valence-corrected chi connectivity index (χ2v) is 6.72. The van der Waals surface area contributed by atoms with Gasteiger partial charge in [0.05, 0.1) is 24.5 Å². The molecule has 2 aromatic heterocycles. The molecule has 0 fully saturated rings. The molecule has 2 heterocycles. The van der Waals surface area contributed by atoms with Crippen LogP contribution >= 0.6 is 0 Å². The van der Waals surface area contributed by atoms with Crippen molar-refractivity contribution in [3.05, 3.63) is 46.7 Å². The molecule has 8 heteroatoms. The molecule has 0 aliphatic rings. The fourth-order valence-electron chi connectivity index (χ4n) is 3.41. The first-order valence-electron chi connectivity index (χ1n) is 9.85. The molecule has 0 aromatic carbocycles. The SMILES string of the molecule is CCN(CC)C(CNC(=O)c1[nH]c(C)c(C(=O)OCCOC)c1C)c1ccco1. The van der Waals surface area contributed by atoms with Crippen LogP contribution in [0.2, 0.25) is 0 Å². The average molecular weight is 405 g/mol. The molecule has 2 rings (SSSR count). The van der Waals surface area contributed by atoms with Crippen LogP contribution in [-0.4, -0.2) is 61.7 Å². The molecule has 2 aromatic rings. The van der Waals surface area contributed by atoms with E-state index in [1.807, 2.05) is 12.1 Å². The van der Waals surface area contributed by atoms with Crippen LogP contribution in [0.5, 0.6) is 0 Å². The van der Waals surface area contributed by atoms with Gasteiger partial charge >= 0.3 is 5.97 Å². The minimum absolute atomic E-state index is 0.0706. The number of methoxy groups -OCH3 is 1. The lowest BCUT2D eigenvalue weighted by atomic mass is 10.1. The number of carbonyl (C=O) groups excluding carboxylic acids is 2. The number of hydrogen-bond donors (Lipinski definition) is 2. The van der Waals surface area contributed by atoms with Gasteiger partial charge < -0.3 is 24.2 Å². The van der Waals surface area contributed by atoms with Crippen molar-refractivity contribution in [1.29, 1.82) is 0 Å². The molecule has 0 aliphatic heterocycles. The molecule has 0 saturated carbocycles. The third-order valence-electron chi connectivity index (χ3n) is 4.97. The maximum Gasteiger partial charge on any atom is 0.340 e. The first-order valence-corrected chi connectivity index (χ1v) is 9.85. The van der Waals surface area contributed by atoms with Gasteiger partial charge in [-0.1, -0.05) is 13.8 Å². The number of aromatic nitrogens is 1. The Labute approximate surface area is 171 Å². The molecular formula is C21H31N3O5. The minimum Gasteiger partial charge on any atom is -0.468 e. The number of furan rings is 1. The van der Waals surface area contributed by atoms with E-state index >= 15 is 0 Å². The van der Waals surface area contributed by atoms with Crippen LogP contribution in [0.25, 0.3) is 0 Å². The average Bonchev–Trinajstić information content (AvgIpc) is 3.33. The molecule has 1 unspecified atom stereocenters. The maximum atomic E-state index is 12.8. The van der Waals surface area contributed by atoms with Crippen molar-refractivity contribution in [3.63, 3.8) is 0 Å². The zero-order valence-electron chi connectivity index (χ0n) is 17.8. The summed E-state index contributed by atoms with van der Waals surface area (Å²) in [7, 11) is 1.54. The van der Waals surface area contributed by atoms with Crippen LogP contribution in [0, 0.1) is 13.8 Å². The molecule has 8 nitrogen and oxygen atoms in total. The molecule has 29 heavy (non-hydrogen) atoms. The highest BCUT2D eigenvalue weighted by Gasteiger charge is 2.25. The summed E-state index contributed by atoms with van der Waals surface area (Å²) in [6.07, 6.45) is 1.63. The molecule has 1 amide bonds. The number of amides is 1. The van der Waals surface area contributed by atoms with Gasteiger partial charge in [0.15, 0.2) is 0 Å². The van der Waals surface area contributed by atoms with E-state index in [2.05, 4.69) is 29.0 Å². The van der Waals surface area contributed by atoms with Gasteiger partial charge in [-0.2, -0.15) is 0 Å². The van der Waals surface area contributed by atoms with Gasteiger partial charge in [-0.3, -0.25) is 9.69 Å². The number of aryl methyl sites for hydroxylation is 1. The van der Waals surface area contributed by atoms with Gasteiger partial charge in [-0.15, -0.1) is 0 Å². The summed E-state index contributed by atoms with van der Waals surface area (Å²) in [6, 6.07) is 3.68. The summed E-state index contributed by atoms with van der Waals surface area (Å²) in [6.45, 7) is 10.2. The number of rotatable bonds is 11. The Balaban J connectivity index is 2.12. The third-order valence-corrected chi connectivity index (χ3v) is 4.97. The molecule has 160 valence electrons. The number of aromatic amines is 1. The van der Waals surface area contributed by atoms with Crippen LogP contribution in [-0.2, 0) is 9.47 Å². The number of carbonyl (C=O) groups is 2. The summed E-state index contributed by atoms with van der Waals surface area (Å²) in [5.74, 6) is 0.0602. The quantitative estimate of drug-likeness (QED) is 0.441. The van der Waals surface area contributed by atoms with Crippen molar-refractivity contribution in [2.45, 2.75) is 33.7 Å². The predicted octanol–water partition coefficient (Wildman–Crippen LogP) is 2.84.